The summed E-state index contributed by atoms with van der Waals surface area (Å²) in [6.07, 6.45) is -9.01. The number of aromatic amines is 2. The number of aromatic nitrogens is 8. The van der Waals surface area contributed by atoms with Crippen molar-refractivity contribution in [1.82, 2.24) is 39.0 Å². The normalized spacial score (nSPS) is 37.1. The van der Waals surface area contributed by atoms with Crippen LogP contribution in [0.15, 0.2) is 22.2 Å². The van der Waals surface area contributed by atoms with E-state index in [0.29, 0.717) is 0 Å². The Kier molecular flexibility index (Phi) is 7.87. The highest BCUT2D eigenvalue weighted by atomic mass is 32.7. The molecule has 0 aliphatic carbocycles. The summed E-state index contributed by atoms with van der Waals surface area (Å²) >= 11 is 9.24. The molecule has 4 unspecified atom stereocenters. The van der Waals surface area contributed by atoms with Gasteiger partial charge < -0.3 is 40.6 Å². The molecule has 3 aliphatic rings. The van der Waals surface area contributed by atoms with Crippen molar-refractivity contribution in [2.45, 2.75) is 49.1 Å². The predicted molar refractivity (Wildman–Crippen MR) is 160 cm³/mol. The fourth-order valence-corrected chi connectivity index (χ4v) is 8.33. The molecule has 7 heterocycles. The third kappa shape index (κ3) is 5.57. The van der Waals surface area contributed by atoms with Gasteiger partial charge in [0.25, 0.3) is 11.1 Å². The van der Waals surface area contributed by atoms with E-state index in [-0.39, 0.29) is 34.2 Å². The number of ether oxygens (including phenoxy) is 2. The van der Waals surface area contributed by atoms with Gasteiger partial charge in [-0.3, -0.25) is 42.3 Å². The molecule has 26 heteroatoms. The molecule has 7 rings (SSSR count). The molecule has 3 aliphatic heterocycles. The van der Waals surface area contributed by atoms with E-state index in [1.165, 1.54) is 21.8 Å². The van der Waals surface area contributed by atoms with Gasteiger partial charge in [0, 0.05) is 0 Å². The number of hydrogen-bond donors (Lipinski definition) is 8. The third-order valence-corrected chi connectivity index (χ3v) is 10.6. The van der Waals surface area contributed by atoms with Crippen LogP contribution >= 0.6 is 25.8 Å². The van der Waals surface area contributed by atoms with Gasteiger partial charge in [0.15, 0.2) is 34.8 Å². The van der Waals surface area contributed by atoms with E-state index in [9.17, 15) is 29.3 Å². The first kappa shape index (κ1) is 31.8. The average Bonchev–Trinajstić information content (AvgIpc) is 3.72. The maximum absolute atomic E-state index is 13.4. The second kappa shape index (κ2) is 11.4. The van der Waals surface area contributed by atoms with Crippen molar-refractivity contribution in [1.29, 1.82) is 0 Å². The summed E-state index contributed by atoms with van der Waals surface area (Å²) in [7, 11) is 0. The van der Waals surface area contributed by atoms with Gasteiger partial charge in [-0.2, -0.15) is 9.97 Å². The Morgan fingerprint density at radius 3 is 1.83 bits per heavy atom. The fraction of sp³-hybridized carbons (Fsp3) is 0.500. The molecule has 248 valence electrons. The zero-order chi connectivity index (χ0) is 32.7. The number of thiol groups is 1. The average molecular weight is 723 g/mol. The maximum atomic E-state index is 13.4. The lowest BCUT2D eigenvalue weighted by Crippen LogP contribution is -2.38. The highest BCUT2D eigenvalue weighted by Gasteiger charge is 2.53. The number of nitrogen functional groups attached to an aromatic ring is 2. The molecule has 46 heavy (non-hydrogen) atoms. The van der Waals surface area contributed by atoms with Crippen molar-refractivity contribution in [3.8, 4) is 0 Å². The highest BCUT2D eigenvalue weighted by Crippen LogP contribution is 2.58. The van der Waals surface area contributed by atoms with Crippen LogP contribution in [0.3, 0.4) is 0 Å². The van der Waals surface area contributed by atoms with Crippen LogP contribution < -0.4 is 22.6 Å². The molecule has 22 nitrogen and oxygen atoms in total. The topological polar surface area (TPSA) is 312 Å². The van der Waals surface area contributed by atoms with E-state index in [1.807, 2.05) is 0 Å². The van der Waals surface area contributed by atoms with Gasteiger partial charge in [-0.25, -0.2) is 14.5 Å². The Labute approximate surface area is 264 Å². The number of hydrogen-bond acceptors (Lipinski definition) is 18. The van der Waals surface area contributed by atoms with E-state index in [0.717, 1.165) is 0 Å². The number of nitrogens with zero attached hydrogens (tertiary/aromatic N) is 6. The van der Waals surface area contributed by atoms with Gasteiger partial charge in [-0.1, -0.05) is 12.2 Å². The van der Waals surface area contributed by atoms with Crippen molar-refractivity contribution in [3.05, 3.63) is 33.4 Å². The first-order valence-electron chi connectivity index (χ1n) is 13.1. The quantitative estimate of drug-likeness (QED) is 0.0820. The molecule has 0 saturated carbocycles. The van der Waals surface area contributed by atoms with Gasteiger partial charge >= 0.3 is 13.5 Å². The zero-order valence-corrected chi connectivity index (χ0v) is 26.3. The standard InChI is InChI=1S/C20H24N10O12P2S2/c21-19-25-13-7(15(33)27-19)23-3-29(13)17-9(31)11-5(39-17)1-37-43(35,45)42-12-6(2-38-44(36,46)41-11)40-18(10(12)32)30-4-24-8-14(30)26-20(22)28-16(8)34/h3-6,9-12,17-18,31-32H,1-2H2,(H,35,45)(H,36,46)(H3,21,25,27,33)(H3,22,26,28,34)/t5-,6-,9+,10+,11?,12?,17-,18-,43?,44?/m1/s1. The molecule has 10 atom stereocenters. The molecule has 0 bridgehead atoms. The summed E-state index contributed by atoms with van der Waals surface area (Å²) in [5.41, 5.74) is 9.79. The lowest BCUT2D eigenvalue weighted by molar-refractivity contribution is -0.0577. The van der Waals surface area contributed by atoms with E-state index in [4.69, 9.17) is 50.8 Å². The summed E-state index contributed by atoms with van der Waals surface area (Å²) in [6, 6.07) is 0. The summed E-state index contributed by atoms with van der Waals surface area (Å²) in [4.78, 5) is 56.2. The van der Waals surface area contributed by atoms with Gasteiger partial charge in [0.1, 0.15) is 36.6 Å². The Balaban J connectivity index is 1.18. The van der Waals surface area contributed by atoms with E-state index in [1.54, 1.807) is 0 Å². The fourth-order valence-electron chi connectivity index (χ4n) is 5.39. The summed E-state index contributed by atoms with van der Waals surface area (Å²) in [5.74, 6) is -0.450. The number of nitrogens with two attached hydrogens (primary N) is 2. The smallest absolute Gasteiger partial charge is 0.386 e. The third-order valence-electron chi connectivity index (χ3n) is 7.38. The van der Waals surface area contributed by atoms with Crippen molar-refractivity contribution >= 4 is 71.8 Å². The monoisotopic (exact) mass is 722 g/mol. The number of imidazole rings is 2. The first-order chi connectivity index (χ1) is 21.7. The Bertz CT molecular complexity index is 1910. The molecule has 0 radical (unpaired) electrons. The molecule has 0 aromatic carbocycles. The molecule has 4 aromatic heterocycles. The van der Waals surface area contributed by atoms with Crippen LogP contribution in [0.5, 0.6) is 0 Å². The van der Waals surface area contributed by atoms with Crippen molar-refractivity contribution in [2.24, 2.45) is 0 Å². The maximum Gasteiger partial charge on any atom is 0.386 e. The molecule has 3 fully saturated rings. The van der Waals surface area contributed by atoms with Crippen LogP contribution in [0.2, 0.25) is 0 Å². The molecule has 4 aromatic rings. The SMILES string of the molecule is Nc1nc2c(ncn2[C@@H]2O[C@@H]3COP(O)(=S)OC4[C@@H](COP(=O)(S)OC3[C@@H]2O)O[C@@H](n2cnc3c(=O)[nH]c(N)nc32)[C@H]4O)c(=O)[nH]1. The number of aliphatic hydroxyl groups is 2. The minimum absolute atomic E-state index is 0.0342. The lowest BCUT2D eigenvalue weighted by Gasteiger charge is -2.29. The first-order valence-corrected chi connectivity index (χ1v) is 18.4. The minimum Gasteiger partial charge on any atom is -0.386 e. The van der Waals surface area contributed by atoms with Gasteiger partial charge in [0.05, 0.1) is 25.9 Å². The van der Waals surface area contributed by atoms with Gasteiger partial charge in [-0.15, -0.1) is 0 Å². The van der Waals surface area contributed by atoms with E-state index < -0.39 is 86.9 Å². The Hall–Kier alpha value is -2.83. The number of nitrogens with one attached hydrogen (secondary N) is 2. The summed E-state index contributed by atoms with van der Waals surface area (Å²) in [5, 5.41) is 22.5. The van der Waals surface area contributed by atoms with Crippen molar-refractivity contribution < 1.29 is 47.2 Å². The number of rotatable bonds is 2. The van der Waals surface area contributed by atoms with Gasteiger partial charge in [-0.05, 0) is 11.8 Å². The molecule has 0 spiro atoms. The predicted octanol–water partition coefficient (Wildman–Crippen LogP) is -1.99. The number of H-pyrrole nitrogens is 2. The van der Waals surface area contributed by atoms with E-state index >= 15 is 0 Å². The molecule has 0 amide bonds. The van der Waals surface area contributed by atoms with Gasteiger partial charge in [0.2, 0.25) is 11.9 Å². The van der Waals surface area contributed by atoms with Crippen LogP contribution in [-0.2, 0) is 43.9 Å². The second-order valence-corrected chi connectivity index (χ2v) is 16.0. The van der Waals surface area contributed by atoms with Crippen molar-refractivity contribution in [2.75, 3.05) is 24.7 Å². The van der Waals surface area contributed by atoms with Crippen LogP contribution in [0.4, 0.5) is 11.9 Å². The molecule has 3 saturated heterocycles. The second-order valence-electron chi connectivity index (χ2n) is 10.3. The molecular weight excluding hydrogens is 698 g/mol. The minimum atomic E-state index is -4.35. The molecule has 9 N–H and O–H groups in total. The summed E-state index contributed by atoms with van der Waals surface area (Å²) in [6.45, 7) is -9.76. The Morgan fingerprint density at radius 1 is 0.870 bits per heavy atom. The van der Waals surface area contributed by atoms with Crippen LogP contribution in [-0.4, -0.2) is 104 Å². The highest BCUT2D eigenvalue weighted by molar-refractivity contribution is 8.44. The lowest BCUT2D eigenvalue weighted by atomic mass is 10.1. The van der Waals surface area contributed by atoms with Crippen LogP contribution in [0, 0.1) is 0 Å². The van der Waals surface area contributed by atoms with Crippen LogP contribution in [0.25, 0.3) is 22.3 Å². The number of anilines is 2. The number of aliphatic hydroxyl groups excluding tert-OH is 2. The molecular formula is C20H24N10O12P2S2. The zero-order valence-electron chi connectivity index (χ0n) is 22.8. The van der Waals surface area contributed by atoms with Crippen LogP contribution in [0.1, 0.15) is 12.5 Å². The van der Waals surface area contributed by atoms with E-state index in [2.05, 4.69) is 42.2 Å². The van der Waals surface area contributed by atoms with Crippen molar-refractivity contribution in [3.63, 3.8) is 0 Å². The largest absolute Gasteiger partial charge is 0.386 e. The Morgan fingerprint density at radius 2 is 1.33 bits per heavy atom. The number of fused-ring (bicyclic) bond motifs is 4. The summed E-state index contributed by atoms with van der Waals surface area (Å²) < 4.78 is 50.0.